The zero-order valence-corrected chi connectivity index (χ0v) is 14.3. The lowest BCUT2D eigenvalue weighted by Crippen LogP contribution is -2.45. The number of nitrogens with zero attached hydrogens (tertiary/aromatic N) is 1. The number of sulfonamides is 1. The molecule has 23 heavy (non-hydrogen) atoms. The van der Waals surface area contributed by atoms with Crippen LogP contribution in [-0.4, -0.2) is 31.2 Å². The molecule has 1 unspecified atom stereocenters. The first kappa shape index (κ1) is 16.2. The van der Waals surface area contributed by atoms with Gasteiger partial charge in [-0.25, -0.2) is 8.42 Å². The Morgan fingerprint density at radius 3 is 2.91 bits per heavy atom. The SMILES string of the molecule is Cc1ccc(S(=O)(=O)N2CCCC2C(=O)NCc2ccco2)s1. The molecule has 0 saturated carbocycles. The number of hydrogen-bond acceptors (Lipinski definition) is 5. The van der Waals surface area contributed by atoms with Crippen molar-refractivity contribution in [2.45, 2.75) is 36.6 Å². The average Bonchev–Trinajstić information content (AvgIpc) is 3.25. The molecule has 3 rings (SSSR count). The quantitative estimate of drug-likeness (QED) is 0.892. The molecule has 1 atom stereocenters. The normalized spacial score (nSPS) is 19.1. The topological polar surface area (TPSA) is 79.6 Å². The van der Waals surface area contributed by atoms with Gasteiger partial charge in [0.2, 0.25) is 5.91 Å². The Balaban J connectivity index is 1.73. The fourth-order valence-electron chi connectivity index (χ4n) is 2.66. The summed E-state index contributed by atoms with van der Waals surface area (Å²) in [4.78, 5) is 13.3. The Bertz CT molecular complexity index is 780. The van der Waals surface area contributed by atoms with Gasteiger partial charge < -0.3 is 9.73 Å². The van der Waals surface area contributed by atoms with Gasteiger partial charge in [-0.15, -0.1) is 11.3 Å². The predicted octanol–water partition coefficient (Wildman–Crippen LogP) is 2.12. The van der Waals surface area contributed by atoms with Crippen LogP contribution < -0.4 is 5.32 Å². The molecule has 1 fully saturated rings. The van der Waals surface area contributed by atoms with Crippen LogP contribution in [0.25, 0.3) is 0 Å². The fourth-order valence-corrected chi connectivity index (χ4v) is 5.73. The Hall–Kier alpha value is -1.64. The van der Waals surface area contributed by atoms with Crippen molar-refractivity contribution < 1.29 is 17.6 Å². The number of furan rings is 1. The Morgan fingerprint density at radius 1 is 1.43 bits per heavy atom. The van der Waals surface area contributed by atoms with E-state index in [1.54, 1.807) is 24.3 Å². The van der Waals surface area contributed by atoms with Crippen molar-refractivity contribution in [2.24, 2.45) is 0 Å². The van der Waals surface area contributed by atoms with Gasteiger partial charge in [-0.05, 0) is 44.0 Å². The van der Waals surface area contributed by atoms with Crippen molar-refractivity contribution >= 4 is 27.3 Å². The molecule has 124 valence electrons. The predicted molar refractivity (Wildman–Crippen MR) is 86.5 cm³/mol. The van der Waals surface area contributed by atoms with Crippen LogP contribution >= 0.6 is 11.3 Å². The number of carbonyl (C=O) groups is 1. The summed E-state index contributed by atoms with van der Waals surface area (Å²) in [6, 6.07) is 6.23. The van der Waals surface area contributed by atoms with Crippen LogP contribution in [-0.2, 0) is 21.4 Å². The third-order valence-electron chi connectivity index (χ3n) is 3.80. The highest BCUT2D eigenvalue weighted by molar-refractivity contribution is 7.91. The summed E-state index contributed by atoms with van der Waals surface area (Å²) in [5.41, 5.74) is 0. The van der Waals surface area contributed by atoms with Crippen LogP contribution in [0.5, 0.6) is 0 Å². The summed E-state index contributed by atoms with van der Waals surface area (Å²) >= 11 is 1.23. The van der Waals surface area contributed by atoms with Gasteiger partial charge in [0.25, 0.3) is 10.0 Å². The van der Waals surface area contributed by atoms with Gasteiger partial charge in [-0.1, -0.05) is 0 Å². The smallest absolute Gasteiger partial charge is 0.253 e. The summed E-state index contributed by atoms with van der Waals surface area (Å²) in [5, 5.41) is 2.75. The number of thiophene rings is 1. The van der Waals surface area contributed by atoms with E-state index in [-0.39, 0.29) is 12.5 Å². The lowest BCUT2D eigenvalue weighted by Gasteiger charge is -2.22. The summed E-state index contributed by atoms with van der Waals surface area (Å²) in [5.74, 6) is 0.357. The standard InChI is InChI=1S/C15H18N2O4S2/c1-11-6-7-14(22-11)23(19,20)17-8-2-5-13(17)15(18)16-10-12-4-3-9-21-12/h3-4,6-7,9,13H,2,5,8,10H2,1H3,(H,16,18). The Kier molecular flexibility index (Phi) is 4.56. The lowest BCUT2D eigenvalue weighted by molar-refractivity contribution is -0.124. The van der Waals surface area contributed by atoms with Crippen molar-refractivity contribution in [3.8, 4) is 0 Å². The zero-order valence-electron chi connectivity index (χ0n) is 12.7. The summed E-state index contributed by atoms with van der Waals surface area (Å²) in [6.45, 7) is 2.49. The highest BCUT2D eigenvalue weighted by Crippen LogP contribution is 2.30. The minimum Gasteiger partial charge on any atom is -0.467 e. The zero-order chi connectivity index (χ0) is 16.4. The first-order valence-electron chi connectivity index (χ1n) is 7.37. The molecule has 0 aromatic carbocycles. The highest BCUT2D eigenvalue weighted by atomic mass is 32.2. The Labute approximate surface area is 139 Å². The van der Waals surface area contributed by atoms with Gasteiger partial charge in [0.1, 0.15) is 16.0 Å². The van der Waals surface area contributed by atoms with E-state index in [9.17, 15) is 13.2 Å². The third kappa shape index (κ3) is 3.34. The number of carbonyl (C=O) groups excluding carboxylic acids is 1. The van der Waals surface area contributed by atoms with E-state index in [1.165, 1.54) is 21.9 Å². The van der Waals surface area contributed by atoms with Crippen molar-refractivity contribution in [1.82, 2.24) is 9.62 Å². The fraction of sp³-hybridized carbons (Fsp3) is 0.400. The minimum atomic E-state index is -3.62. The molecule has 1 amide bonds. The first-order valence-corrected chi connectivity index (χ1v) is 9.62. The van der Waals surface area contributed by atoms with Crippen molar-refractivity contribution in [2.75, 3.05) is 6.54 Å². The van der Waals surface area contributed by atoms with Gasteiger partial charge in [0.15, 0.2) is 0 Å². The van der Waals surface area contributed by atoms with Gasteiger partial charge in [-0.2, -0.15) is 4.31 Å². The number of rotatable bonds is 5. The molecule has 0 spiro atoms. The number of nitrogens with one attached hydrogen (secondary N) is 1. The van der Waals surface area contributed by atoms with Gasteiger partial charge in [0, 0.05) is 11.4 Å². The molecule has 8 heteroatoms. The maximum atomic E-state index is 12.7. The largest absolute Gasteiger partial charge is 0.467 e. The van der Waals surface area contributed by atoms with Crippen molar-refractivity contribution in [3.05, 3.63) is 41.2 Å². The maximum absolute atomic E-state index is 12.7. The van der Waals surface area contributed by atoms with Crippen molar-refractivity contribution in [1.29, 1.82) is 0 Å². The molecule has 0 bridgehead atoms. The van der Waals surface area contributed by atoms with E-state index in [0.717, 1.165) is 4.88 Å². The molecule has 1 aliphatic heterocycles. The monoisotopic (exact) mass is 354 g/mol. The van der Waals surface area contributed by atoms with E-state index in [4.69, 9.17) is 4.42 Å². The summed E-state index contributed by atoms with van der Waals surface area (Å²) < 4.78 is 32.2. The lowest BCUT2D eigenvalue weighted by atomic mass is 10.2. The molecule has 1 N–H and O–H groups in total. The summed E-state index contributed by atoms with van der Waals surface area (Å²) in [7, 11) is -3.62. The molecule has 6 nitrogen and oxygen atoms in total. The molecular formula is C15H18N2O4S2. The van der Waals surface area contributed by atoms with Crippen molar-refractivity contribution in [3.63, 3.8) is 0 Å². The molecule has 2 aromatic heterocycles. The molecule has 1 aliphatic rings. The van der Waals surface area contributed by atoms with E-state index in [2.05, 4.69) is 5.32 Å². The molecule has 1 saturated heterocycles. The molecular weight excluding hydrogens is 336 g/mol. The second kappa shape index (κ2) is 6.46. The molecule has 0 radical (unpaired) electrons. The summed E-state index contributed by atoms with van der Waals surface area (Å²) in [6.07, 6.45) is 2.75. The van der Waals surface area contributed by atoms with E-state index in [1.807, 2.05) is 6.92 Å². The van der Waals surface area contributed by atoms with Gasteiger partial charge in [-0.3, -0.25) is 4.79 Å². The van der Waals surface area contributed by atoms with E-state index in [0.29, 0.717) is 29.4 Å². The van der Waals surface area contributed by atoms with Gasteiger partial charge >= 0.3 is 0 Å². The average molecular weight is 354 g/mol. The molecule has 0 aliphatic carbocycles. The second-order valence-corrected chi connectivity index (χ2v) is 8.84. The van der Waals surface area contributed by atoms with Crippen LogP contribution in [0.15, 0.2) is 39.2 Å². The van der Waals surface area contributed by atoms with Crippen LogP contribution in [0.4, 0.5) is 0 Å². The number of amides is 1. The van der Waals surface area contributed by atoms with E-state index < -0.39 is 16.1 Å². The van der Waals surface area contributed by atoms with E-state index >= 15 is 0 Å². The Morgan fingerprint density at radius 2 is 2.26 bits per heavy atom. The minimum absolute atomic E-state index is 0.258. The molecule has 2 aromatic rings. The maximum Gasteiger partial charge on any atom is 0.253 e. The second-order valence-electron chi connectivity index (χ2n) is 5.44. The third-order valence-corrected chi connectivity index (χ3v) is 7.18. The van der Waals surface area contributed by atoms with Crippen LogP contribution in [0.1, 0.15) is 23.5 Å². The molecule has 3 heterocycles. The number of hydrogen-bond donors (Lipinski definition) is 1. The van der Waals surface area contributed by atoms with Crippen LogP contribution in [0, 0.1) is 6.92 Å². The van der Waals surface area contributed by atoms with Crippen LogP contribution in [0.2, 0.25) is 0 Å². The highest BCUT2D eigenvalue weighted by Gasteiger charge is 2.39. The number of aryl methyl sites for hydroxylation is 1. The van der Waals surface area contributed by atoms with Gasteiger partial charge in [0.05, 0.1) is 12.8 Å². The van der Waals surface area contributed by atoms with Crippen LogP contribution in [0.3, 0.4) is 0 Å². The first-order chi connectivity index (χ1) is 11.0.